The number of benzene rings is 3. The van der Waals surface area contributed by atoms with Crippen LogP contribution in [0.4, 0.5) is 17.1 Å². The largest absolute Gasteiger partial charge is 0.491 e. The van der Waals surface area contributed by atoms with Gasteiger partial charge in [0.2, 0.25) is 5.91 Å². The first-order chi connectivity index (χ1) is 16.1. The maximum Gasteiger partial charge on any atom is 0.258 e. The van der Waals surface area contributed by atoms with Gasteiger partial charge in [0.05, 0.1) is 18.8 Å². The summed E-state index contributed by atoms with van der Waals surface area (Å²) >= 11 is 0. The molecule has 0 aliphatic carbocycles. The Bertz CT molecular complexity index is 1050. The molecule has 172 valence electrons. The lowest BCUT2D eigenvalue weighted by molar-refractivity contribution is -0.114. The molecule has 0 unspecified atom stereocenters. The molecular weight excluding hydrogens is 414 g/mol. The van der Waals surface area contributed by atoms with Crippen LogP contribution in [-0.2, 0) is 4.79 Å². The summed E-state index contributed by atoms with van der Waals surface area (Å²) in [6.45, 7) is 5.29. The number of carbonyl (C=O) groups excluding carboxylic acids is 2. The van der Waals surface area contributed by atoms with Gasteiger partial charge < -0.3 is 20.3 Å². The van der Waals surface area contributed by atoms with E-state index in [0.29, 0.717) is 35.8 Å². The summed E-state index contributed by atoms with van der Waals surface area (Å²) in [4.78, 5) is 27.3. The fourth-order valence-corrected chi connectivity index (χ4v) is 3.37. The highest BCUT2D eigenvalue weighted by atomic mass is 16.5. The van der Waals surface area contributed by atoms with Crippen LogP contribution in [0.25, 0.3) is 0 Å². The first-order valence-electron chi connectivity index (χ1n) is 11.3. The summed E-state index contributed by atoms with van der Waals surface area (Å²) in [7, 11) is 0. The predicted molar refractivity (Wildman–Crippen MR) is 134 cm³/mol. The molecule has 3 aromatic carbocycles. The molecule has 0 aliphatic heterocycles. The van der Waals surface area contributed by atoms with Gasteiger partial charge in [-0.3, -0.25) is 9.59 Å². The van der Waals surface area contributed by atoms with Crippen molar-refractivity contribution < 1.29 is 14.3 Å². The van der Waals surface area contributed by atoms with E-state index in [9.17, 15) is 9.59 Å². The van der Waals surface area contributed by atoms with Crippen LogP contribution in [0, 0.1) is 0 Å². The highest BCUT2D eigenvalue weighted by Gasteiger charge is 2.16. The molecule has 0 aromatic heterocycles. The Labute approximate surface area is 195 Å². The van der Waals surface area contributed by atoms with E-state index in [1.54, 1.807) is 17.0 Å². The number of para-hydroxylation sites is 3. The van der Waals surface area contributed by atoms with Crippen LogP contribution >= 0.6 is 0 Å². The van der Waals surface area contributed by atoms with Crippen LogP contribution in [0.2, 0.25) is 0 Å². The number of rotatable bonds is 11. The molecule has 0 bridgehead atoms. The van der Waals surface area contributed by atoms with Gasteiger partial charge in [-0.1, -0.05) is 49.7 Å². The quantitative estimate of drug-likeness (QED) is 0.378. The van der Waals surface area contributed by atoms with Crippen molar-refractivity contribution in [3.8, 4) is 5.75 Å². The standard InChI is InChI=1S/C27H31N3O3/c1-3-5-18-33-25-17-10-9-16-24(25)29-26(31)20-28-22-13-11-12-21(19-22)27(32)30(4-2)23-14-7-6-8-15-23/h6-17,19,28H,3-5,18,20H2,1-2H3,(H,29,31). The smallest absolute Gasteiger partial charge is 0.258 e. The molecule has 0 spiro atoms. The summed E-state index contributed by atoms with van der Waals surface area (Å²) in [6, 6.07) is 24.2. The Balaban J connectivity index is 1.61. The molecule has 6 nitrogen and oxygen atoms in total. The van der Waals surface area contributed by atoms with Crippen LogP contribution in [0.5, 0.6) is 5.75 Å². The summed E-state index contributed by atoms with van der Waals surface area (Å²) in [5.74, 6) is 0.375. The van der Waals surface area contributed by atoms with Crippen molar-refractivity contribution in [1.29, 1.82) is 0 Å². The van der Waals surface area contributed by atoms with Crippen molar-refractivity contribution in [2.75, 3.05) is 35.2 Å². The Hall–Kier alpha value is -3.80. The third-order valence-electron chi connectivity index (χ3n) is 5.11. The number of carbonyl (C=O) groups is 2. The molecule has 3 aromatic rings. The lowest BCUT2D eigenvalue weighted by atomic mass is 10.1. The Morgan fingerprint density at radius 1 is 0.909 bits per heavy atom. The van der Waals surface area contributed by atoms with Gasteiger partial charge in [-0.15, -0.1) is 0 Å². The summed E-state index contributed by atoms with van der Waals surface area (Å²) in [5.41, 5.74) is 2.75. The van der Waals surface area contributed by atoms with Crippen LogP contribution in [-0.4, -0.2) is 31.5 Å². The van der Waals surface area contributed by atoms with Crippen LogP contribution in [0.1, 0.15) is 37.0 Å². The van der Waals surface area contributed by atoms with E-state index in [0.717, 1.165) is 18.5 Å². The number of hydrogen-bond donors (Lipinski definition) is 2. The molecule has 0 heterocycles. The van der Waals surface area contributed by atoms with Gasteiger partial charge >= 0.3 is 0 Å². The van der Waals surface area contributed by atoms with E-state index >= 15 is 0 Å². The maximum atomic E-state index is 13.1. The van der Waals surface area contributed by atoms with E-state index in [1.807, 2.05) is 73.7 Å². The molecule has 0 aliphatic rings. The fraction of sp³-hybridized carbons (Fsp3) is 0.259. The summed E-state index contributed by atoms with van der Waals surface area (Å²) in [5, 5.41) is 6.00. The van der Waals surface area contributed by atoms with Crippen LogP contribution in [0.3, 0.4) is 0 Å². The highest BCUT2D eigenvalue weighted by molar-refractivity contribution is 6.06. The van der Waals surface area contributed by atoms with Crippen LogP contribution in [0.15, 0.2) is 78.9 Å². The van der Waals surface area contributed by atoms with Crippen molar-refractivity contribution in [1.82, 2.24) is 0 Å². The molecule has 6 heteroatoms. The van der Waals surface area contributed by atoms with E-state index in [2.05, 4.69) is 17.6 Å². The third-order valence-corrected chi connectivity index (χ3v) is 5.11. The van der Waals surface area contributed by atoms with Crippen molar-refractivity contribution >= 4 is 28.9 Å². The van der Waals surface area contributed by atoms with Gasteiger partial charge in [-0.05, 0) is 55.8 Å². The molecule has 2 N–H and O–H groups in total. The molecule has 0 fully saturated rings. The second-order valence-corrected chi connectivity index (χ2v) is 7.57. The maximum absolute atomic E-state index is 13.1. The van der Waals surface area contributed by atoms with Gasteiger partial charge in [-0.2, -0.15) is 0 Å². The van der Waals surface area contributed by atoms with Gasteiger partial charge in [0.15, 0.2) is 0 Å². The molecule has 0 radical (unpaired) electrons. The Morgan fingerprint density at radius 3 is 2.42 bits per heavy atom. The molecule has 3 rings (SSSR count). The number of nitrogens with zero attached hydrogens (tertiary/aromatic N) is 1. The van der Waals surface area contributed by atoms with Crippen molar-refractivity contribution in [3.63, 3.8) is 0 Å². The minimum atomic E-state index is -0.197. The number of unbranched alkanes of at least 4 members (excludes halogenated alkanes) is 1. The lowest BCUT2D eigenvalue weighted by Crippen LogP contribution is -2.30. The van der Waals surface area contributed by atoms with Crippen molar-refractivity contribution in [3.05, 3.63) is 84.4 Å². The number of anilines is 3. The van der Waals surface area contributed by atoms with E-state index in [1.165, 1.54) is 0 Å². The van der Waals surface area contributed by atoms with E-state index in [-0.39, 0.29) is 18.4 Å². The molecular formula is C27H31N3O3. The second kappa shape index (κ2) is 12.3. The van der Waals surface area contributed by atoms with Gasteiger partial charge in [0.25, 0.3) is 5.91 Å². The summed E-state index contributed by atoms with van der Waals surface area (Å²) in [6.07, 6.45) is 2.00. The fourth-order valence-electron chi connectivity index (χ4n) is 3.37. The van der Waals surface area contributed by atoms with Crippen molar-refractivity contribution in [2.24, 2.45) is 0 Å². The Kier molecular flexibility index (Phi) is 8.88. The predicted octanol–water partition coefficient (Wildman–Crippen LogP) is 5.58. The molecule has 2 amide bonds. The van der Waals surface area contributed by atoms with E-state index in [4.69, 9.17) is 4.74 Å². The number of amides is 2. The van der Waals surface area contributed by atoms with Gasteiger partial charge in [-0.25, -0.2) is 0 Å². The third kappa shape index (κ3) is 6.84. The monoisotopic (exact) mass is 445 g/mol. The zero-order valence-electron chi connectivity index (χ0n) is 19.2. The minimum absolute atomic E-state index is 0.0666. The minimum Gasteiger partial charge on any atom is -0.491 e. The topological polar surface area (TPSA) is 70.7 Å². The number of nitrogens with one attached hydrogen (secondary N) is 2. The zero-order chi connectivity index (χ0) is 23.5. The second-order valence-electron chi connectivity index (χ2n) is 7.57. The lowest BCUT2D eigenvalue weighted by Gasteiger charge is -2.21. The SMILES string of the molecule is CCCCOc1ccccc1NC(=O)CNc1cccc(C(=O)N(CC)c2ccccc2)c1. The van der Waals surface area contributed by atoms with E-state index < -0.39 is 0 Å². The average Bonchev–Trinajstić information content (AvgIpc) is 2.85. The number of ether oxygens (including phenoxy) is 1. The molecule has 0 saturated carbocycles. The van der Waals surface area contributed by atoms with Gasteiger partial charge in [0, 0.05) is 23.5 Å². The normalized spacial score (nSPS) is 10.4. The molecule has 33 heavy (non-hydrogen) atoms. The first-order valence-corrected chi connectivity index (χ1v) is 11.3. The average molecular weight is 446 g/mol. The highest BCUT2D eigenvalue weighted by Crippen LogP contribution is 2.24. The molecule has 0 atom stereocenters. The zero-order valence-corrected chi connectivity index (χ0v) is 19.2. The van der Waals surface area contributed by atoms with Crippen molar-refractivity contribution in [2.45, 2.75) is 26.7 Å². The first kappa shape index (κ1) is 23.9. The Morgan fingerprint density at radius 2 is 1.67 bits per heavy atom. The summed E-state index contributed by atoms with van der Waals surface area (Å²) < 4.78 is 5.78. The molecule has 0 saturated heterocycles. The number of hydrogen-bond acceptors (Lipinski definition) is 4. The van der Waals surface area contributed by atoms with Gasteiger partial charge in [0.1, 0.15) is 5.75 Å². The van der Waals surface area contributed by atoms with Crippen LogP contribution < -0.4 is 20.3 Å².